The highest BCUT2D eigenvalue weighted by Gasteiger charge is 2.18. The Morgan fingerprint density at radius 2 is 1.92 bits per heavy atom. The van der Waals surface area contributed by atoms with E-state index in [2.05, 4.69) is 29.1 Å². The van der Waals surface area contributed by atoms with Crippen molar-refractivity contribution in [2.75, 3.05) is 32.1 Å². The second-order valence-corrected chi connectivity index (χ2v) is 10.5. The van der Waals surface area contributed by atoms with Gasteiger partial charge in [0.2, 0.25) is 5.91 Å². The number of hydrogen-bond donors (Lipinski definition) is 0. The van der Waals surface area contributed by atoms with Crippen LogP contribution in [0.25, 0.3) is 15.8 Å². The van der Waals surface area contributed by atoms with Crippen LogP contribution in [-0.4, -0.2) is 48.8 Å². The van der Waals surface area contributed by atoms with E-state index in [0.717, 1.165) is 34.6 Å². The van der Waals surface area contributed by atoms with Crippen LogP contribution in [0.15, 0.2) is 72.9 Å². The maximum atomic E-state index is 15.0. The monoisotopic (exact) mass is 529 g/mol. The zero-order valence-corrected chi connectivity index (χ0v) is 22.1. The van der Waals surface area contributed by atoms with Crippen molar-refractivity contribution in [2.24, 2.45) is 0 Å². The van der Waals surface area contributed by atoms with Crippen LogP contribution in [-0.2, 0) is 16.0 Å². The highest BCUT2D eigenvalue weighted by Crippen LogP contribution is 2.39. The van der Waals surface area contributed by atoms with Crippen molar-refractivity contribution in [1.29, 1.82) is 0 Å². The number of benzene rings is 2. The summed E-state index contributed by atoms with van der Waals surface area (Å²) in [5, 5.41) is 0. The van der Waals surface area contributed by atoms with Gasteiger partial charge in [0.1, 0.15) is 11.5 Å². The zero-order chi connectivity index (χ0) is 26.6. The summed E-state index contributed by atoms with van der Waals surface area (Å²) in [7, 11) is 3.74. The third-order valence-corrected chi connectivity index (χ3v) is 7.80. The van der Waals surface area contributed by atoms with Crippen LogP contribution in [0.4, 0.5) is 10.1 Å². The first kappa shape index (κ1) is 25.8. The molecule has 6 nitrogen and oxygen atoms in total. The minimum Gasteiger partial charge on any atom is -0.453 e. The number of amides is 1. The highest BCUT2D eigenvalue weighted by molar-refractivity contribution is 7.20. The molecule has 0 N–H and O–H groups in total. The van der Waals surface area contributed by atoms with Crippen molar-refractivity contribution >= 4 is 44.5 Å². The first-order chi connectivity index (χ1) is 18.4. The number of anilines is 1. The number of pyridine rings is 1. The van der Waals surface area contributed by atoms with Crippen molar-refractivity contribution in [1.82, 2.24) is 9.88 Å². The van der Waals surface area contributed by atoms with Crippen LogP contribution >= 0.6 is 11.3 Å². The summed E-state index contributed by atoms with van der Waals surface area (Å²) >= 11 is 1.60. The van der Waals surface area contributed by atoms with E-state index in [1.807, 2.05) is 18.2 Å². The molecule has 3 heterocycles. The van der Waals surface area contributed by atoms with Gasteiger partial charge in [-0.1, -0.05) is 30.3 Å². The minimum atomic E-state index is -0.567. The second kappa shape index (κ2) is 11.2. The molecule has 4 aromatic rings. The smallest absolute Gasteiger partial charge is 0.234 e. The van der Waals surface area contributed by atoms with Crippen LogP contribution in [0.2, 0.25) is 0 Å². The van der Waals surface area contributed by atoms with E-state index in [4.69, 9.17) is 4.74 Å². The number of aromatic nitrogens is 1. The topological polar surface area (TPSA) is 62.7 Å². The minimum absolute atomic E-state index is 0.0380. The zero-order valence-electron chi connectivity index (χ0n) is 21.3. The van der Waals surface area contributed by atoms with Gasteiger partial charge in [0.05, 0.1) is 16.6 Å². The molecule has 1 aliphatic rings. The van der Waals surface area contributed by atoms with Crippen LogP contribution in [0.3, 0.4) is 0 Å². The average Bonchev–Trinajstić information content (AvgIpc) is 3.36. The van der Waals surface area contributed by atoms with E-state index < -0.39 is 5.82 Å². The SMILES string of the molecule is CN1CC=C(c2cc3nccc(Oc4ccc(CC(=O)CC(=O)N(C)c5ccccc5)cc4F)c3s2)CC1. The molecule has 2 aromatic carbocycles. The van der Waals surface area contributed by atoms with E-state index in [9.17, 15) is 14.0 Å². The molecule has 38 heavy (non-hydrogen) atoms. The highest BCUT2D eigenvalue weighted by atomic mass is 32.1. The molecule has 1 amide bonds. The normalized spacial score (nSPS) is 13.8. The molecule has 194 valence electrons. The third-order valence-electron chi connectivity index (χ3n) is 6.59. The molecule has 0 saturated carbocycles. The van der Waals surface area contributed by atoms with Crippen LogP contribution in [0, 0.1) is 5.82 Å². The molecule has 0 bridgehead atoms. The van der Waals surface area contributed by atoms with E-state index in [1.165, 1.54) is 22.6 Å². The fourth-order valence-electron chi connectivity index (χ4n) is 4.38. The van der Waals surface area contributed by atoms with E-state index in [1.54, 1.807) is 48.8 Å². The lowest BCUT2D eigenvalue weighted by atomic mass is 10.1. The number of likely N-dealkylation sites (N-methyl/N-ethyl adjacent to an activating group) is 1. The Morgan fingerprint density at radius 3 is 2.66 bits per heavy atom. The molecule has 2 aromatic heterocycles. The number of Topliss-reactive ketones (excluding diaryl/α,β-unsaturated/α-hetero) is 1. The second-order valence-electron chi connectivity index (χ2n) is 9.42. The van der Waals surface area contributed by atoms with Crippen LogP contribution in [0.1, 0.15) is 23.3 Å². The number of hydrogen-bond acceptors (Lipinski definition) is 6. The van der Waals surface area contributed by atoms with Crippen LogP contribution in [0.5, 0.6) is 11.5 Å². The van der Waals surface area contributed by atoms with Gasteiger partial charge in [-0.15, -0.1) is 11.3 Å². The van der Waals surface area contributed by atoms with Gasteiger partial charge in [-0.05, 0) is 54.9 Å². The van der Waals surface area contributed by atoms with Gasteiger partial charge in [0.15, 0.2) is 11.6 Å². The van der Waals surface area contributed by atoms with Gasteiger partial charge in [0.25, 0.3) is 0 Å². The van der Waals surface area contributed by atoms with Gasteiger partial charge in [-0.2, -0.15) is 0 Å². The van der Waals surface area contributed by atoms with Gasteiger partial charge >= 0.3 is 0 Å². The Hall–Kier alpha value is -3.88. The predicted molar refractivity (Wildman–Crippen MR) is 149 cm³/mol. The summed E-state index contributed by atoms with van der Waals surface area (Å²) in [5.74, 6) is -0.549. The fraction of sp³-hybridized carbons (Fsp3) is 0.233. The molecule has 0 spiro atoms. The lowest BCUT2D eigenvalue weighted by Crippen LogP contribution is -2.28. The number of carbonyl (C=O) groups is 2. The molecule has 0 saturated heterocycles. The number of thiophene rings is 1. The summed E-state index contributed by atoms with van der Waals surface area (Å²) in [4.78, 5) is 34.4. The number of halogens is 1. The number of ether oxygens (including phenoxy) is 1. The molecule has 5 rings (SSSR count). The molecular weight excluding hydrogens is 501 g/mol. The Labute approximate surface area is 225 Å². The summed E-state index contributed by atoms with van der Waals surface area (Å²) in [5.41, 5.74) is 3.31. The van der Waals surface area contributed by atoms with E-state index >= 15 is 0 Å². The Kier molecular flexibility index (Phi) is 7.62. The van der Waals surface area contributed by atoms with Gasteiger partial charge in [-0.3, -0.25) is 14.6 Å². The maximum Gasteiger partial charge on any atom is 0.234 e. The number of carbonyl (C=O) groups excluding carboxylic acids is 2. The molecule has 0 unspecified atom stereocenters. The number of para-hydroxylation sites is 1. The predicted octanol–water partition coefficient (Wildman–Crippen LogP) is 6.11. The quantitative estimate of drug-likeness (QED) is 0.258. The first-order valence-electron chi connectivity index (χ1n) is 12.4. The van der Waals surface area contributed by atoms with E-state index in [-0.39, 0.29) is 30.3 Å². The Bertz CT molecular complexity index is 1520. The van der Waals surface area contributed by atoms with Gasteiger partial charge in [-0.25, -0.2) is 4.39 Å². The molecular formula is C30H28FN3O3S. The number of fused-ring (bicyclic) bond motifs is 1. The molecule has 0 fully saturated rings. The summed E-state index contributed by atoms with van der Waals surface area (Å²) in [6, 6.07) is 17.4. The van der Waals surface area contributed by atoms with Crippen molar-refractivity contribution in [2.45, 2.75) is 19.3 Å². The number of ketones is 1. The van der Waals surface area contributed by atoms with Gasteiger partial charge in [0, 0.05) is 49.4 Å². The molecule has 0 radical (unpaired) electrons. The number of rotatable bonds is 8. The third kappa shape index (κ3) is 5.82. The average molecular weight is 530 g/mol. The summed E-state index contributed by atoms with van der Waals surface area (Å²) < 4.78 is 21.8. The molecule has 0 aliphatic carbocycles. The van der Waals surface area contributed by atoms with Gasteiger partial charge < -0.3 is 14.5 Å². The Balaban J connectivity index is 1.26. The summed E-state index contributed by atoms with van der Waals surface area (Å²) in [6.45, 7) is 1.92. The lowest BCUT2D eigenvalue weighted by molar-refractivity contribution is -0.126. The van der Waals surface area contributed by atoms with Crippen LogP contribution < -0.4 is 9.64 Å². The van der Waals surface area contributed by atoms with Crippen molar-refractivity contribution in [3.05, 3.63) is 89.2 Å². The Morgan fingerprint density at radius 1 is 1.11 bits per heavy atom. The fourth-order valence-corrected chi connectivity index (χ4v) is 5.51. The molecule has 0 atom stereocenters. The molecule has 1 aliphatic heterocycles. The maximum absolute atomic E-state index is 15.0. The largest absolute Gasteiger partial charge is 0.453 e. The van der Waals surface area contributed by atoms with Crippen molar-refractivity contribution in [3.8, 4) is 11.5 Å². The summed E-state index contributed by atoms with van der Waals surface area (Å²) in [6.07, 6.45) is 4.58. The van der Waals surface area contributed by atoms with Crippen molar-refractivity contribution < 1.29 is 18.7 Å². The van der Waals surface area contributed by atoms with Crippen molar-refractivity contribution in [3.63, 3.8) is 0 Å². The number of nitrogens with zero attached hydrogens (tertiary/aromatic N) is 3. The standard InChI is InChI=1S/C30H28FN3O3S/c1-33-14-11-21(12-15-33)28-19-25-30(38-28)27(10-13-32-25)37-26-9-8-20(17-24(26)31)16-23(35)18-29(36)34(2)22-6-4-3-5-7-22/h3-11,13,17,19H,12,14-16,18H2,1-2H3. The molecule has 8 heteroatoms. The first-order valence-corrected chi connectivity index (χ1v) is 13.2. The lowest BCUT2D eigenvalue weighted by Gasteiger charge is -2.21. The van der Waals surface area contributed by atoms with E-state index in [0.29, 0.717) is 17.0 Å².